The van der Waals surface area contributed by atoms with Crippen LogP contribution in [0.4, 0.5) is 5.82 Å². The Hall–Kier alpha value is -1.69. The van der Waals surface area contributed by atoms with Gasteiger partial charge in [0, 0.05) is 13.1 Å². The van der Waals surface area contributed by atoms with E-state index in [0.717, 1.165) is 24.5 Å². The summed E-state index contributed by atoms with van der Waals surface area (Å²) >= 11 is 0. The summed E-state index contributed by atoms with van der Waals surface area (Å²) < 4.78 is 0. The fourth-order valence-corrected chi connectivity index (χ4v) is 1.38. The third-order valence-electron chi connectivity index (χ3n) is 2.12. The molecule has 17 heavy (non-hydrogen) atoms. The SMILES string of the molecule is CCCNc1cnc(CN(C)CC(N)=O)cn1. The Morgan fingerprint density at radius 1 is 1.47 bits per heavy atom. The van der Waals surface area contributed by atoms with Crippen molar-refractivity contribution in [1.29, 1.82) is 0 Å². The highest BCUT2D eigenvalue weighted by atomic mass is 16.1. The summed E-state index contributed by atoms with van der Waals surface area (Å²) in [6.07, 6.45) is 4.45. The van der Waals surface area contributed by atoms with Gasteiger partial charge in [0.25, 0.3) is 0 Å². The number of nitrogens with one attached hydrogen (secondary N) is 1. The van der Waals surface area contributed by atoms with Crippen molar-refractivity contribution in [3.05, 3.63) is 18.1 Å². The molecule has 0 aliphatic heterocycles. The molecule has 1 heterocycles. The molecule has 0 unspecified atom stereocenters. The highest BCUT2D eigenvalue weighted by molar-refractivity contribution is 5.75. The Bertz CT molecular complexity index is 351. The number of carbonyl (C=O) groups is 1. The Morgan fingerprint density at radius 3 is 2.76 bits per heavy atom. The first kappa shape index (κ1) is 13.4. The highest BCUT2D eigenvalue weighted by Gasteiger charge is 2.05. The molecule has 0 aliphatic carbocycles. The van der Waals surface area contributed by atoms with E-state index >= 15 is 0 Å². The van der Waals surface area contributed by atoms with Crippen molar-refractivity contribution in [2.24, 2.45) is 5.73 Å². The number of carbonyl (C=O) groups excluding carboxylic acids is 1. The molecule has 1 amide bonds. The van der Waals surface area contributed by atoms with Crippen LogP contribution in [0.3, 0.4) is 0 Å². The van der Waals surface area contributed by atoms with Crippen LogP contribution in [0, 0.1) is 0 Å². The zero-order valence-electron chi connectivity index (χ0n) is 10.3. The van der Waals surface area contributed by atoms with E-state index in [1.54, 1.807) is 17.3 Å². The molecular formula is C11H19N5O. The summed E-state index contributed by atoms with van der Waals surface area (Å²) in [6, 6.07) is 0. The van der Waals surface area contributed by atoms with Crippen LogP contribution < -0.4 is 11.1 Å². The zero-order valence-corrected chi connectivity index (χ0v) is 10.3. The topological polar surface area (TPSA) is 84.1 Å². The van der Waals surface area contributed by atoms with Gasteiger partial charge in [-0.3, -0.25) is 14.7 Å². The summed E-state index contributed by atoms with van der Waals surface area (Å²) in [5.74, 6) is 0.426. The van der Waals surface area contributed by atoms with Crippen LogP contribution in [-0.2, 0) is 11.3 Å². The number of hydrogen-bond donors (Lipinski definition) is 2. The monoisotopic (exact) mass is 237 g/mol. The summed E-state index contributed by atoms with van der Waals surface area (Å²) in [6.45, 7) is 3.75. The lowest BCUT2D eigenvalue weighted by molar-refractivity contribution is -0.118. The molecule has 0 atom stereocenters. The Morgan fingerprint density at radius 2 is 2.24 bits per heavy atom. The Balaban J connectivity index is 2.47. The summed E-state index contributed by atoms with van der Waals surface area (Å²) in [5.41, 5.74) is 5.91. The molecular weight excluding hydrogens is 218 g/mol. The molecule has 6 heteroatoms. The number of likely N-dealkylation sites (N-methyl/N-ethyl adjacent to an activating group) is 1. The van der Waals surface area contributed by atoms with E-state index in [2.05, 4.69) is 22.2 Å². The quantitative estimate of drug-likeness (QED) is 0.708. The van der Waals surface area contributed by atoms with E-state index < -0.39 is 0 Å². The first-order valence-electron chi connectivity index (χ1n) is 5.63. The average molecular weight is 237 g/mol. The molecule has 0 aliphatic rings. The molecule has 0 saturated heterocycles. The molecule has 94 valence electrons. The molecule has 0 spiro atoms. The summed E-state index contributed by atoms with van der Waals surface area (Å²) in [5, 5.41) is 3.15. The molecule has 6 nitrogen and oxygen atoms in total. The highest BCUT2D eigenvalue weighted by Crippen LogP contribution is 2.03. The van der Waals surface area contributed by atoms with Crippen molar-refractivity contribution in [3.63, 3.8) is 0 Å². The van der Waals surface area contributed by atoms with Gasteiger partial charge in [0.15, 0.2) is 0 Å². The second-order valence-electron chi connectivity index (χ2n) is 3.96. The van der Waals surface area contributed by atoms with E-state index in [9.17, 15) is 4.79 Å². The van der Waals surface area contributed by atoms with Crippen LogP contribution in [-0.4, -0.2) is 40.9 Å². The second kappa shape index (κ2) is 6.80. The lowest BCUT2D eigenvalue weighted by Crippen LogP contribution is -2.30. The van der Waals surface area contributed by atoms with Gasteiger partial charge in [-0.05, 0) is 13.5 Å². The van der Waals surface area contributed by atoms with E-state index in [1.165, 1.54) is 0 Å². The molecule has 1 rings (SSSR count). The first-order chi connectivity index (χ1) is 8.11. The van der Waals surface area contributed by atoms with Gasteiger partial charge in [-0.2, -0.15) is 0 Å². The predicted octanol–water partition coefficient (Wildman–Crippen LogP) is 0.216. The maximum absolute atomic E-state index is 10.7. The standard InChI is InChI=1S/C11H19N5O/c1-3-4-13-11-6-14-9(5-15-11)7-16(2)8-10(12)17/h5-6H,3-4,7-8H2,1-2H3,(H2,12,17)(H,13,15). The largest absolute Gasteiger partial charge is 0.369 e. The smallest absolute Gasteiger partial charge is 0.231 e. The molecule has 3 N–H and O–H groups in total. The third-order valence-corrected chi connectivity index (χ3v) is 2.12. The molecule has 1 aromatic rings. The van der Waals surface area contributed by atoms with Crippen molar-refractivity contribution in [2.45, 2.75) is 19.9 Å². The average Bonchev–Trinajstić information content (AvgIpc) is 2.27. The van der Waals surface area contributed by atoms with Crippen molar-refractivity contribution in [1.82, 2.24) is 14.9 Å². The lowest BCUT2D eigenvalue weighted by atomic mass is 10.4. The van der Waals surface area contributed by atoms with E-state index in [-0.39, 0.29) is 12.5 Å². The van der Waals surface area contributed by atoms with Gasteiger partial charge in [-0.1, -0.05) is 6.92 Å². The number of aromatic nitrogens is 2. The van der Waals surface area contributed by atoms with E-state index in [1.807, 2.05) is 7.05 Å². The van der Waals surface area contributed by atoms with Crippen LogP contribution in [0.25, 0.3) is 0 Å². The van der Waals surface area contributed by atoms with Crippen molar-refractivity contribution >= 4 is 11.7 Å². The van der Waals surface area contributed by atoms with Crippen LogP contribution in [0.5, 0.6) is 0 Å². The number of primary amides is 1. The van der Waals surface area contributed by atoms with Crippen LogP contribution in [0.2, 0.25) is 0 Å². The number of nitrogens with two attached hydrogens (primary N) is 1. The van der Waals surface area contributed by atoms with Gasteiger partial charge in [0.2, 0.25) is 5.91 Å². The minimum atomic E-state index is -0.346. The second-order valence-corrected chi connectivity index (χ2v) is 3.96. The fraction of sp³-hybridized carbons (Fsp3) is 0.545. The normalized spacial score (nSPS) is 10.5. The third kappa shape index (κ3) is 5.26. The molecule has 0 radical (unpaired) electrons. The fourth-order valence-electron chi connectivity index (χ4n) is 1.38. The predicted molar refractivity (Wildman–Crippen MR) is 66.3 cm³/mol. The van der Waals surface area contributed by atoms with Gasteiger partial charge >= 0.3 is 0 Å². The maximum atomic E-state index is 10.7. The Labute approximate surface area is 101 Å². The van der Waals surface area contributed by atoms with Gasteiger partial charge < -0.3 is 11.1 Å². The molecule has 0 saturated carbocycles. The molecule has 1 aromatic heterocycles. The van der Waals surface area contributed by atoms with Crippen LogP contribution in [0.15, 0.2) is 12.4 Å². The Kier molecular flexibility index (Phi) is 5.35. The first-order valence-corrected chi connectivity index (χ1v) is 5.63. The van der Waals surface area contributed by atoms with E-state index in [4.69, 9.17) is 5.73 Å². The van der Waals surface area contributed by atoms with Crippen LogP contribution in [0.1, 0.15) is 19.0 Å². The summed E-state index contributed by atoms with van der Waals surface area (Å²) in [4.78, 5) is 21.0. The zero-order chi connectivity index (χ0) is 12.7. The van der Waals surface area contributed by atoms with Gasteiger partial charge in [-0.25, -0.2) is 4.98 Å². The van der Waals surface area contributed by atoms with Crippen molar-refractivity contribution < 1.29 is 4.79 Å². The minimum Gasteiger partial charge on any atom is -0.369 e. The van der Waals surface area contributed by atoms with E-state index in [0.29, 0.717) is 6.54 Å². The van der Waals surface area contributed by atoms with Crippen LogP contribution >= 0.6 is 0 Å². The summed E-state index contributed by atoms with van der Waals surface area (Å²) in [7, 11) is 1.82. The molecule has 0 fully saturated rings. The minimum absolute atomic E-state index is 0.220. The number of nitrogens with zero attached hydrogens (tertiary/aromatic N) is 3. The number of anilines is 1. The number of rotatable bonds is 7. The number of amides is 1. The van der Waals surface area contributed by atoms with Gasteiger partial charge in [0.05, 0.1) is 24.6 Å². The molecule has 0 aromatic carbocycles. The molecule has 0 bridgehead atoms. The lowest BCUT2D eigenvalue weighted by Gasteiger charge is -2.13. The van der Waals surface area contributed by atoms with Gasteiger partial charge in [0.1, 0.15) is 5.82 Å². The van der Waals surface area contributed by atoms with Gasteiger partial charge in [-0.15, -0.1) is 0 Å². The maximum Gasteiger partial charge on any atom is 0.231 e. The van der Waals surface area contributed by atoms with Crippen molar-refractivity contribution in [2.75, 3.05) is 25.5 Å². The number of hydrogen-bond acceptors (Lipinski definition) is 5. The van der Waals surface area contributed by atoms with Crippen molar-refractivity contribution in [3.8, 4) is 0 Å².